The molecule has 19 heteroatoms. The summed E-state index contributed by atoms with van der Waals surface area (Å²) in [7, 11) is 30.9. The Hall–Kier alpha value is -5.94. The lowest BCUT2D eigenvalue weighted by Gasteiger charge is -2.18. The molecule has 0 spiro atoms. The molecule has 0 N–H and O–H groups in total. The van der Waals surface area contributed by atoms with E-state index in [4.69, 9.17) is 23.8 Å². The summed E-state index contributed by atoms with van der Waals surface area (Å²) in [5.74, 6) is 1.79. The minimum absolute atomic E-state index is 0.584. The number of benzene rings is 7. The van der Waals surface area contributed by atoms with Gasteiger partial charge in [0.2, 0.25) is 0 Å². The molecule has 0 atom stereocenters. The van der Waals surface area contributed by atoms with Crippen LogP contribution in [0.3, 0.4) is 0 Å². The van der Waals surface area contributed by atoms with Crippen LogP contribution in [0.4, 0.5) is 0 Å². The number of rotatable bonds is 5. The third-order valence-electron chi connectivity index (χ3n) is 15.3. The van der Waals surface area contributed by atoms with Gasteiger partial charge in [0, 0.05) is 32.7 Å². The Labute approximate surface area is 387 Å². The first-order valence-electron chi connectivity index (χ1n) is 22.5. The van der Waals surface area contributed by atoms with E-state index >= 15 is 0 Å². The molecule has 10 rings (SSSR count). The minimum atomic E-state index is 0.584. The van der Waals surface area contributed by atoms with Gasteiger partial charge < -0.3 is 8.83 Å². The number of hydrogen-bond acceptors (Lipinski definition) is 5. The van der Waals surface area contributed by atoms with Crippen LogP contribution in [0.15, 0.2) is 87.7 Å². The lowest BCUT2D eigenvalue weighted by molar-refractivity contribution is 0.673. The topological polar surface area (TPSA) is 65.0 Å². The monoisotopic (exact) mass is 809 g/mol. The number of aromatic nitrogens is 3. The summed E-state index contributed by atoms with van der Waals surface area (Å²) >= 11 is 0. The second-order valence-corrected chi connectivity index (χ2v) is 18.3. The molecule has 3 heterocycles. The fraction of sp³-hybridized carbons (Fsp3) is 0. The van der Waals surface area contributed by atoms with Gasteiger partial charge in [0.05, 0.1) is 5.56 Å². The quantitative estimate of drug-likeness (QED) is 0.162. The van der Waals surface area contributed by atoms with E-state index in [0.717, 1.165) is 83.0 Å². The molecule has 0 aliphatic heterocycles. The van der Waals surface area contributed by atoms with Crippen LogP contribution in [0.2, 0.25) is 0 Å². The van der Waals surface area contributed by atoms with Crippen LogP contribution in [0, 0.1) is 0 Å². The summed E-state index contributed by atoms with van der Waals surface area (Å²) in [6, 6.07) is 27.8. The van der Waals surface area contributed by atoms with Crippen molar-refractivity contribution in [2.45, 2.75) is 0 Å². The average molecular weight is 807 g/mol. The second kappa shape index (κ2) is 15.4. The van der Waals surface area contributed by atoms with Crippen LogP contribution in [0.5, 0.6) is 0 Å². The molecule has 10 aromatic rings. The van der Waals surface area contributed by atoms with E-state index in [1.165, 1.54) is 76.4 Å². The van der Waals surface area contributed by atoms with Crippen LogP contribution in [-0.4, -0.2) is 125 Å². The average Bonchev–Trinajstić information content (AvgIpc) is 3.92. The predicted octanol–water partition coefficient (Wildman–Crippen LogP) is -12.4. The summed E-state index contributed by atoms with van der Waals surface area (Å²) in [4.78, 5) is 16.6. The molecule has 7 aromatic carbocycles. The van der Waals surface area contributed by atoms with Crippen molar-refractivity contribution >= 4 is 230 Å². The van der Waals surface area contributed by atoms with Gasteiger partial charge in [-0.3, -0.25) is 0 Å². The van der Waals surface area contributed by atoms with Gasteiger partial charge in [-0.1, -0.05) is 133 Å². The Morgan fingerprint density at radius 1 is 0.281 bits per heavy atom. The Morgan fingerprint density at radius 2 is 0.672 bits per heavy atom. The minimum Gasteiger partial charge on any atom is -0.457 e. The van der Waals surface area contributed by atoms with E-state index in [1.807, 2.05) is 0 Å². The Bertz CT molecular complexity index is 3680. The number of nitrogens with zero attached hydrogens (tertiary/aromatic N) is 3. The summed E-state index contributed by atoms with van der Waals surface area (Å²) in [6.07, 6.45) is 0. The fourth-order valence-electron chi connectivity index (χ4n) is 10.5. The third-order valence-corrected chi connectivity index (χ3v) is 15.3. The molecule has 0 aliphatic carbocycles. The zero-order valence-corrected chi connectivity index (χ0v) is 39.7. The molecule has 3 aromatic heterocycles. The predicted molar refractivity (Wildman–Crippen MR) is 316 cm³/mol. The van der Waals surface area contributed by atoms with Crippen molar-refractivity contribution < 1.29 is 8.83 Å². The third kappa shape index (κ3) is 6.09. The maximum atomic E-state index is 7.13. The largest absolute Gasteiger partial charge is 0.457 e. The molecule has 0 saturated carbocycles. The highest BCUT2D eigenvalue weighted by Gasteiger charge is 2.28. The van der Waals surface area contributed by atoms with E-state index in [2.05, 4.69) is 189 Å². The fourth-order valence-corrected chi connectivity index (χ4v) is 10.5. The van der Waals surface area contributed by atoms with Crippen molar-refractivity contribution in [2.75, 3.05) is 0 Å². The maximum Gasteiger partial charge on any atom is 0.167 e. The molecule has 0 amide bonds. The molecule has 0 aliphatic rings. The van der Waals surface area contributed by atoms with Crippen molar-refractivity contribution in [3.05, 3.63) is 78.9 Å². The highest BCUT2D eigenvalue weighted by Crippen LogP contribution is 2.36. The first kappa shape index (κ1) is 42.0. The Balaban J connectivity index is 1.32. The zero-order valence-electron chi connectivity index (χ0n) is 39.7. The molecule has 0 radical (unpaired) electrons. The standard InChI is InChI=1S/C45H41B14N3O2/c46-25-21-22-28(49)34(55)36(57)38(59)42(22)64-40(21)31(52)23(29(25)50)44-60-43(18-12-5-4-11-17(18)16-10-6-9-15(13-16)14-7-2-1-3-8-14)61-45(62-44)24-30(51)32(53)26(47)19-20-27(48)33(54)35(56)37(58)41(20)63-39(19)24/h1-13H,46-59H2. The molecule has 5 nitrogen and oxygen atoms in total. The zero-order chi connectivity index (χ0) is 45.2. The van der Waals surface area contributed by atoms with Crippen LogP contribution in [-0.2, 0) is 0 Å². The van der Waals surface area contributed by atoms with Gasteiger partial charge >= 0.3 is 0 Å². The smallest absolute Gasteiger partial charge is 0.167 e. The molecule has 290 valence electrons. The molecule has 64 heavy (non-hydrogen) atoms. The van der Waals surface area contributed by atoms with Gasteiger partial charge in [0.1, 0.15) is 132 Å². The van der Waals surface area contributed by atoms with Gasteiger partial charge in [0.15, 0.2) is 17.5 Å². The lowest BCUT2D eigenvalue weighted by atomic mass is 9.64. The SMILES string of the molecule is Bc1c(B)c(B)c2c(oc3c(B)c(-c4nc(-c5ccccc5-c5cccc(-c6ccccc6)c5)nc(-c5c(B)c(B)c(B)c6c5oc5c(B)c(B)c(B)c(B)c56)n4)c(B)c(B)c32)c1B. The molecule has 0 unspecified atom stereocenters. The van der Waals surface area contributed by atoms with E-state index in [9.17, 15) is 0 Å². The van der Waals surface area contributed by atoms with Crippen molar-refractivity contribution in [3.63, 3.8) is 0 Å². The summed E-state index contributed by atoms with van der Waals surface area (Å²) in [5.41, 5.74) is 27.6. The van der Waals surface area contributed by atoms with Crippen LogP contribution in [0.25, 0.3) is 100 Å². The van der Waals surface area contributed by atoms with Gasteiger partial charge in [0.25, 0.3) is 0 Å². The normalized spacial score (nSPS) is 11.7. The van der Waals surface area contributed by atoms with Crippen molar-refractivity contribution in [2.24, 2.45) is 0 Å². The number of furan rings is 2. The van der Waals surface area contributed by atoms with Gasteiger partial charge in [-0.15, -0.1) is 10.9 Å². The lowest BCUT2D eigenvalue weighted by Crippen LogP contribution is -2.48. The number of hydrogen-bond donors (Lipinski definition) is 0. The maximum absolute atomic E-state index is 7.13. The first-order chi connectivity index (χ1) is 30.6. The van der Waals surface area contributed by atoms with Gasteiger partial charge in [-0.05, 0) is 33.8 Å². The molecular formula is C45H41B14N3O2. The Morgan fingerprint density at radius 3 is 1.27 bits per heavy atom. The summed E-state index contributed by atoms with van der Waals surface area (Å²) in [5, 5.41) is 4.66. The highest BCUT2D eigenvalue weighted by atomic mass is 16.3. The highest BCUT2D eigenvalue weighted by molar-refractivity contribution is 6.71. The van der Waals surface area contributed by atoms with E-state index in [0.29, 0.717) is 17.5 Å². The molecule has 0 bridgehead atoms. The van der Waals surface area contributed by atoms with E-state index in [-0.39, 0.29) is 0 Å². The van der Waals surface area contributed by atoms with E-state index in [1.54, 1.807) is 0 Å². The molecular weight excluding hydrogens is 766 g/mol. The summed E-state index contributed by atoms with van der Waals surface area (Å²) in [6.45, 7) is 0. The van der Waals surface area contributed by atoms with Crippen molar-refractivity contribution in [1.29, 1.82) is 0 Å². The first-order valence-corrected chi connectivity index (χ1v) is 22.5. The number of fused-ring (bicyclic) bond motifs is 6. The van der Waals surface area contributed by atoms with Crippen molar-refractivity contribution in [1.82, 2.24) is 15.0 Å². The van der Waals surface area contributed by atoms with Crippen LogP contribution in [0.1, 0.15) is 0 Å². The Kier molecular flexibility index (Phi) is 10.1. The molecule has 0 fully saturated rings. The molecule has 0 saturated heterocycles. The summed E-state index contributed by atoms with van der Waals surface area (Å²) < 4.78 is 14.1. The van der Waals surface area contributed by atoms with Crippen LogP contribution < -0.4 is 76.5 Å². The van der Waals surface area contributed by atoms with Crippen LogP contribution >= 0.6 is 0 Å². The van der Waals surface area contributed by atoms with Crippen molar-refractivity contribution in [3.8, 4) is 56.4 Å². The van der Waals surface area contributed by atoms with E-state index < -0.39 is 0 Å². The van der Waals surface area contributed by atoms with Gasteiger partial charge in [-0.2, -0.15) is 0 Å². The van der Waals surface area contributed by atoms with Gasteiger partial charge in [-0.25, -0.2) is 15.0 Å². The second-order valence-electron chi connectivity index (χ2n) is 18.3.